The van der Waals surface area contributed by atoms with Gasteiger partial charge >= 0.3 is 12.1 Å². The summed E-state index contributed by atoms with van der Waals surface area (Å²) < 4.78 is 63.6. The lowest BCUT2D eigenvalue weighted by atomic mass is 9.95. The first-order valence-corrected chi connectivity index (χ1v) is 11.4. The number of halogens is 5. The third kappa shape index (κ3) is 5.05. The minimum atomic E-state index is -5.84. The summed E-state index contributed by atoms with van der Waals surface area (Å²) in [6, 6.07) is 13.1. The van der Waals surface area contributed by atoms with Crippen LogP contribution in [-0.2, 0) is 14.4 Å². The molecule has 0 radical (unpaired) electrons. The maximum atomic E-state index is 13.7. The standard InChI is InChI=1S/C25H24F5N3O3/c1-14(21(34)31-13-24(26,27)25(28,29)30)22(35)32-20-18-8-3-2-6-16(18)17-7-4-5-9-19(17)33(23(20)36)12-15-10-11-15/h2-9,14-15,20H,10-13H2,1H3,(H,31,34)(H,32,35). The van der Waals surface area contributed by atoms with E-state index in [1.165, 1.54) is 5.32 Å². The molecule has 2 aromatic rings. The predicted octanol–water partition coefficient (Wildman–Crippen LogP) is 4.22. The first-order chi connectivity index (χ1) is 16.9. The van der Waals surface area contributed by atoms with E-state index in [2.05, 4.69) is 5.32 Å². The number of hydrogen-bond acceptors (Lipinski definition) is 3. The van der Waals surface area contributed by atoms with Crippen molar-refractivity contribution in [1.82, 2.24) is 10.6 Å². The molecule has 1 saturated carbocycles. The molecule has 3 amide bonds. The van der Waals surface area contributed by atoms with E-state index in [1.54, 1.807) is 35.2 Å². The largest absolute Gasteiger partial charge is 0.455 e. The lowest BCUT2D eigenvalue weighted by molar-refractivity contribution is -0.278. The van der Waals surface area contributed by atoms with Gasteiger partial charge in [0, 0.05) is 12.1 Å². The second-order valence-corrected chi connectivity index (χ2v) is 9.08. The van der Waals surface area contributed by atoms with Gasteiger partial charge in [0.15, 0.2) is 0 Å². The summed E-state index contributed by atoms with van der Waals surface area (Å²) in [5, 5.41) is 4.01. The zero-order chi connectivity index (χ0) is 26.3. The molecule has 0 aromatic heterocycles. The van der Waals surface area contributed by atoms with Crippen molar-refractivity contribution >= 4 is 23.4 Å². The molecule has 0 spiro atoms. The Labute approximate surface area is 203 Å². The van der Waals surface area contributed by atoms with Gasteiger partial charge in [-0.3, -0.25) is 14.4 Å². The molecule has 36 heavy (non-hydrogen) atoms. The summed E-state index contributed by atoms with van der Waals surface area (Å²) in [5.41, 5.74) is 2.66. The molecule has 1 heterocycles. The summed E-state index contributed by atoms with van der Waals surface area (Å²) in [5.74, 6) is -9.18. The number of nitrogens with zero attached hydrogens (tertiary/aromatic N) is 1. The predicted molar refractivity (Wildman–Crippen MR) is 121 cm³/mol. The number of para-hydroxylation sites is 1. The van der Waals surface area contributed by atoms with Crippen LogP contribution in [0.5, 0.6) is 0 Å². The van der Waals surface area contributed by atoms with Crippen LogP contribution in [0.15, 0.2) is 48.5 Å². The smallest absolute Gasteiger partial charge is 0.349 e. The number of anilines is 1. The average Bonchev–Trinajstić information content (AvgIpc) is 3.67. The molecule has 1 fully saturated rings. The Balaban J connectivity index is 1.58. The Hall–Kier alpha value is -3.50. The van der Waals surface area contributed by atoms with Crippen molar-refractivity contribution in [2.45, 2.75) is 37.9 Å². The Morgan fingerprint density at radius 3 is 2.22 bits per heavy atom. The molecule has 11 heteroatoms. The second kappa shape index (κ2) is 9.51. The maximum absolute atomic E-state index is 13.7. The average molecular weight is 509 g/mol. The van der Waals surface area contributed by atoms with E-state index in [9.17, 15) is 36.3 Å². The van der Waals surface area contributed by atoms with Crippen LogP contribution in [0.4, 0.5) is 27.6 Å². The number of alkyl halides is 5. The Morgan fingerprint density at radius 2 is 1.58 bits per heavy atom. The highest BCUT2D eigenvalue weighted by atomic mass is 19.4. The minimum Gasteiger partial charge on any atom is -0.349 e. The van der Waals surface area contributed by atoms with Crippen molar-refractivity contribution in [3.8, 4) is 11.1 Å². The fraction of sp³-hybridized carbons (Fsp3) is 0.400. The molecule has 0 saturated heterocycles. The molecule has 1 aliphatic carbocycles. The van der Waals surface area contributed by atoms with Crippen molar-refractivity contribution in [3.05, 3.63) is 54.1 Å². The van der Waals surface area contributed by atoms with Crippen LogP contribution < -0.4 is 15.5 Å². The lowest BCUT2D eigenvalue weighted by Crippen LogP contribution is -2.50. The van der Waals surface area contributed by atoms with Crippen LogP contribution in [0.2, 0.25) is 0 Å². The molecule has 2 N–H and O–H groups in total. The monoisotopic (exact) mass is 509 g/mol. The summed E-state index contributed by atoms with van der Waals surface area (Å²) >= 11 is 0. The maximum Gasteiger partial charge on any atom is 0.455 e. The zero-order valence-electron chi connectivity index (χ0n) is 19.2. The molecule has 2 atom stereocenters. The Kier molecular flexibility index (Phi) is 6.76. The van der Waals surface area contributed by atoms with Gasteiger partial charge in [0.05, 0.1) is 12.2 Å². The highest BCUT2D eigenvalue weighted by molar-refractivity contribution is 6.08. The van der Waals surface area contributed by atoms with Gasteiger partial charge in [0.1, 0.15) is 12.0 Å². The van der Waals surface area contributed by atoms with E-state index < -0.39 is 48.3 Å². The van der Waals surface area contributed by atoms with Gasteiger partial charge in [0.25, 0.3) is 5.91 Å². The van der Waals surface area contributed by atoms with Gasteiger partial charge in [-0.15, -0.1) is 0 Å². The summed E-state index contributed by atoms with van der Waals surface area (Å²) in [4.78, 5) is 40.4. The topological polar surface area (TPSA) is 78.5 Å². The number of carbonyl (C=O) groups excluding carboxylic acids is 3. The van der Waals surface area contributed by atoms with Gasteiger partial charge in [-0.1, -0.05) is 42.5 Å². The normalized spacial score (nSPS) is 18.6. The van der Waals surface area contributed by atoms with Gasteiger partial charge in [-0.25, -0.2) is 0 Å². The molecule has 6 nitrogen and oxygen atoms in total. The highest BCUT2D eigenvalue weighted by Crippen LogP contribution is 2.42. The fourth-order valence-electron chi connectivity index (χ4n) is 4.06. The van der Waals surface area contributed by atoms with Crippen molar-refractivity contribution in [3.63, 3.8) is 0 Å². The molecular weight excluding hydrogens is 485 g/mol. The molecular formula is C25H24F5N3O3. The van der Waals surface area contributed by atoms with E-state index >= 15 is 0 Å². The molecule has 2 unspecified atom stereocenters. The van der Waals surface area contributed by atoms with Crippen LogP contribution in [0.3, 0.4) is 0 Å². The minimum absolute atomic E-state index is 0.319. The Morgan fingerprint density at radius 1 is 0.972 bits per heavy atom. The number of rotatable bonds is 7. The van der Waals surface area contributed by atoms with Crippen LogP contribution in [0.25, 0.3) is 11.1 Å². The second-order valence-electron chi connectivity index (χ2n) is 9.08. The number of amides is 3. The third-order valence-corrected chi connectivity index (χ3v) is 6.38. The Bertz CT molecular complexity index is 1180. The molecule has 192 valence electrons. The van der Waals surface area contributed by atoms with Gasteiger partial charge < -0.3 is 15.5 Å². The summed E-state index contributed by atoms with van der Waals surface area (Å²) in [6.07, 6.45) is -3.91. The quantitative estimate of drug-likeness (QED) is 0.434. The first-order valence-electron chi connectivity index (χ1n) is 11.4. The molecule has 2 aromatic carbocycles. The van der Waals surface area contributed by atoms with Crippen LogP contribution in [0, 0.1) is 11.8 Å². The SMILES string of the molecule is CC(C(=O)NCC(F)(F)C(F)(F)F)C(=O)NC1C(=O)N(CC2CC2)c2ccccc2-c2ccccc21. The highest BCUT2D eigenvalue weighted by Gasteiger charge is 2.57. The van der Waals surface area contributed by atoms with Gasteiger partial charge in [-0.05, 0) is 42.9 Å². The molecule has 1 aliphatic heterocycles. The van der Waals surface area contributed by atoms with Crippen molar-refractivity contribution < 1.29 is 36.3 Å². The lowest BCUT2D eigenvalue weighted by Gasteiger charge is -2.27. The molecule has 0 bridgehead atoms. The molecule has 2 aliphatic rings. The fourth-order valence-corrected chi connectivity index (χ4v) is 4.06. The number of carbonyl (C=O) groups is 3. The first kappa shape index (κ1) is 25.6. The van der Waals surface area contributed by atoms with E-state index in [1.807, 2.05) is 18.2 Å². The van der Waals surface area contributed by atoms with Crippen LogP contribution in [-0.4, -0.2) is 42.9 Å². The van der Waals surface area contributed by atoms with E-state index in [0.717, 1.165) is 25.3 Å². The molecule has 4 rings (SSSR count). The van der Waals surface area contributed by atoms with Gasteiger partial charge in [0.2, 0.25) is 11.8 Å². The van der Waals surface area contributed by atoms with E-state index in [0.29, 0.717) is 29.3 Å². The third-order valence-electron chi connectivity index (χ3n) is 6.38. The van der Waals surface area contributed by atoms with Gasteiger partial charge in [-0.2, -0.15) is 22.0 Å². The van der Waals surface area contributed by atoms with Crippen molar-refractivity contribution in [2.24, 2.45) is 11.8 Å². The number of fused-ring (bicyclic) bond motifs is 3. The van der Waals surface area contributed by atoms with Crippen molar-refractivity contribution in [1.29, 1.82) is 0 Å². The summed E-state index contributed by atoms with van der Waals surface area (Å²) in [6.45, 7) is -0.485. The number of hydrogen-bond donors (Lipinski definition) is 2. The number of nitrogens with one attached hydrogen (secondary N) is 2. The summed E-state index contributed by atoms with van der Waals surface area (Å²) in [7, 11) is 0. The van der Waals surface area contributed by atoms with E-state index in [-0.39, 0.29) is 0 Å². The van der Waals surface area contributed by atoms with Crippen LogP contribution in [0.1, 0.15) is 31.4 Å². The zero-order valence-corrected chi connectivity index (χ0v) is 19.2. The number of benzene rings is 2. The van der Waals surface area contributed by atoms with Crippen LogP contribution >= 0.6 is 0 Å². The van der Waals surface area contributed by atoms with Crippen molar-refractivity contribution in [2.75, 3.05) is 18.0 Å². The van der Waals surface area contributed by atoms with E-state index in [4.69, 9.17) is 0 Å².